The summed E-state index contributed by atoms with van der Waals surface area (Å²) >= 11 is 0. The summed E-state index contributed by atoms with van der Waals surface area (Å²) in [6, 6.07) is 7.35. The van der Waals surface area contributed by atoms with E-state index in [0.29, 0.717) is 45.8 Å². The number of hydrogen-bond donors (Lipinski definition) is 0. The monoisotopic (exact) mass is 398 g/mol. The van der Waals surface area contributed by atoms with Crippen molar-refractivity contribution in [2.75, 3.05) is 28.1 Å². The molecule has 2 aromatic carbocycles. The molecule has 0 aromatic heterocycles. The Bertz CT molecular complexity index is 997. The van der Waals surface area contributed by atoms with Gasteiger partial charge in [0.25, 0.3) is 0 Å². The third-order valence-corrected chi connectivity index (χ3v) is 5.15. The molecule has 2 aliphatic heterocycles. The van der Waals surface area contributed by atoms with Crippen molar-refractivity contribution >= 4 is 5.78 Å². The van der Waals surface area contributed by atoms with Gasteiger partial charge in [0.15, 0.2) is 28.8 Å². The number of hydrogen-bond acceptors (Lipinski definition) is 7. The van der Waals surface area contributed by atoms with Crippen molar-refractivity contribution in [1.29, 1.82) is 0 Å². The molecule has 152 valence electrons. The number of allylic oxidation sites excluding steroid dienone is 2. The van der Waals surface area contributed by atoms with Gasteiger partial charge in [0, 0.05) is 23.1 Å². The molecule has 0 saturated carbocycles. The molecule has 0 unspecified atom stereocenters. The number of rotatable bonds is 5. The van der Waals surface area contributed by atoms with Crippen LogP contribution in [0.3, 0.4) is 0 Å². The number of carbonyl (C=O) groups excluding carboxylic acids is 1. The first kappa shape index (κ1) is 19.0. The highest BCUT2D eigenvalue weighted by Gasteiger charge is 2.35. The van der Waals surface area contributed by atoms with E-state index in [2.05, 4.69) is 0 Å². The maximum atomic E-state index is 12.6. The summed E-state index contributed by atoms with van der Waals surface area (Å²) in [5, 5.41) is 0. The molecule has 0 saturated heterocycles. The number of carbonyl (C=O) groups is 1. The fraction of sp³-hybridized carbons (Fsp3) is 0.318. The summed E-state index contributed by atoms with van der Waals surface area (Å²) in [5.41, 5.74) is 2.18. The molecule has 7 heteroatoms. The van der Waals surface area contributed by atoms with Crippen molar-refractivity contribution in [2.45, 2.75) is 19.8 Å². The number of ether oxygens (including phenoxy) is 6. The number of methoxy groups -OCH3 is 3. The quantitative estimate of drug-likeness (QED) is 0.758. The molecule has 0 aliphatic carbocycles. The van der Waals surface area contributed by atoms with Crippen LogP contribution in [0.1, 0.15) is 30.9 Å². The Morgan fingerprint density at radius 2 is 1.55 bits per heavy atom. The highest BCUT2D eigenvalue weighted by molar-refractivity contribution is 5.97. The van der Waals surface area contributed by atoms with Gasteiger partial charge in [0.2, 0.25) is 12.5 Å². The fourth-order valence-electron chi connectivity index (χ4n) is 3.90. The first-order valence-electron chi connectivity index (χ1n) is 9.11. The maximum Gasteiger partial charge on any atom is 0.231 e. The Labute approximate surface area is 168 Å². The van der Waals surface area contributed by atoms with Crippen LogP contribution in [0, 0.1) is 0 Å². The van der Waals surface area contributed by atoms with Gasteiger partial charge in [0.1, 0.15) is 11.5 Å². The molecule has 0 N–H and O–H groups in total. The number of Topliss-reactive ketones (excluding diaryl/α,β-unsaturated/α-hetero) is 1. The molecular formula is C22H22O7. The number of ketones is 1. The lowest BCUT2D eigenvalue weighted by atomic mass is 9.80. The highest BCUT2D eigenvalue weighted by Crippen LogP contribution is 2.51. The van der Waals surface area contributed by atoms with Gasteiger partial charge < -0.3 is 28.4 Å². The van der Waals surface area contributed by atoms with Crippen LogP contribution in [0.4, 0.5) is 0 Å². The molecule has 2 aliphatic rings. The van der Waals surface area contributed by atoms with Crippen LogP contribution < -0.4 is 28.4 Å². The van der Waals surface area contributed by atoms with Crippen molar-refractivity contribution in [3.8, 4) is 34.5 Å². The molecule has 0 amide bonds. The van der Waals surface area contributed by atoms with E-state index < -0.39 is 0 Å². The van der Waals surface area contributed by atoms with E-state index >= 15 is 0 Å². The highest BCUT2D eigenvalue weighted by atomic mass is 16.7. The van der Waals surface area contributed by atoms with E-state index in [1.54, 1.807) is 34.3 Å². The summed E-state index contributed by atoms with van der Waals surface area (Å²) in [7, 11) is 4.67. The molecular weight excluding hydrogens is 376 g/mol. The van der Waals surface area contributed by atoms with Gasteiger partial charge >= 0.3 is 0 Å². The first-order valence-corrected chi connectivity index (χ1v) is 9.11. The zero-order valence-corrected chi connectivity index (χ0v) is 17.0. The third kappa shape index (κ3) is 3.03. The average Bonchev–Trinajstić information content (AvgIpc) is 3.17. The van der Waals surface area contributed by atoms with Gasteiger partial charge in [-0.3, -0.25) is 4.79 Å². The lowest BCUT2D eigenvalue weighted by molar-refractivity contribution is -0.114. The number of benzene rings is 2. The smallest absolute Gasteiger partial charge is 0.231 e. The summed E-state index contributed by atoms with van der Waals surface area (Å²) in [6.07, 6.45) is 0. The SMILES string of the molecule is COc1cc([C@H]2C(C(C)=O)=C(C)Oc3cc4c(cc32)OCO4)cc(OC)c1OC. The minimum absolute atomic E-state index is 0.0791. The van der Waals surface area contributed by atoms with Gasteiger partial charge in [-0.1, -0.05) is 0 Å². The van der Waals surface area contributed by atoms with Gasteiger partial charge in [-0.05, 0) is 37.6 Å². The predicted molar refractivity (Wildman–Crippen MR) is 105 cm³/mol. The van der Waals surface area contributed by atoms with E-state index in [-0.39, 0.29) is 18.5 Å². The zero-order chi connectivity index (χ0) is 20.7. The minimum atomic E-state index is -0.389. The molecule has 0 spiro atoms. The molecule has 29 heavy (non-hydrogen) atoms. The lowest BCUT2D eigenvalue weighted by Crippen LogP contribution is -2.20. The van der Waals surface area contributed by atoms with Gasteiger partial charge in [0.05, 0.1) is 21.3 Å². The largest absolute Gasteiger partial charge is 0.493 e. The summed E-state index contributed by atoms with van der Waals surface area (Å²) < 4.78 is 33.5. The van der Waals surface area contributed by atoms with Crippen molar-refractivity contribution in [2.24, 2.45) is 0 Å². The molecule has 0 fully saturated rings. The fourth-order valence-corrected chi connectivity index (χ4v) is 3.90. The van der Waals surface area contributed by atoms with Gasteiger partial charge in [-0.15, -0.1) is 0 Å². The van der Waals surface area contributed by atoms with Crippen LogP contribution in [0.2, 0.25) is 0 Å². The lowest BCUT2D eigenvalue weighted by Gasteiger charge is -2.30. The standard InChI is InChI=1S/C22H22O7/c1-11(23)20-12(2)29-15-9-17-16(27-10-28-17)8-14(15)21(20)13-6-18(24-3)22(26-5)19(7-13)25-4/h6-9,21H,10H2,1-5H3/t21-/m1/s1. The minimum Gasteiger partial charge on any atom is -0.493 e. The van der Waals surface area contributed by atoms with Crippen LogP contribution in [0.5, 0.6) is 34.5 Å². The van der Waals surface area contributed by atoms with Gasteiger partial charge in [-0.2, -0.15) is 0 Å². The van der Waals surface area contributed by atoms with E-state index in [1.165, 1.54) is 6.92 Å². The number of fused-ring (bicyclic) bond motifs is 2. The molecule has 4 rings (SSSR count). The van der Waals surface area contributed by atoms with Crippen molar-refractivity contribution in [3.63, 3.8) is 0 Å². The Balaban J connectivity index is 1.97. The second kappa shape index (κ2) is 7.24. The molecule has 2 aromatic rings. The topological polar surface area (TPSA) is 72.5 Å². The second-order valence-corrected chi connectivity index (χ2v) is 6.76. The van der Waals surface area contributed by atoms with Crippen molar-refractivity contribution in [1.82, 2.24) is 0 Å². The van der Waals surface area contributed by atoms with Crippen LogP contribution >= 0.6 is 0 Å². The van der Waals surface area contributed by atoms with Gasteiger partial charge in [-0.25, -0.2) is 0 Å². The molecule has 7 nitrogen and oxygen atoms in total. The molecule has 0 radical (unpaired) electrons. The Morgan fingerprint density at radius 1 is 0.931 bits per heavy atom. The van der Waals surface area contributed by atoms with E-state index in [4.69, 9.17) is 28.4 Å². The van der Waals surface area contributed by atoms with Crippen molar-refractivity contribution in [3.05, 3.63) is 46.7 Å². The van der Waals surface area contributed by atoms with Crippen LogP contribution in [-0.2, 0) is 4.79 Å². The molecule has 1 atom stereocenters. The molecule has 0 bridgehead atoms. The normalized spacial score (nSPS) is 16.8. The molecule has 2 heterocycles. The van der Waals surface area contributed by atoms with Crippen LogP contribution in [0.25, 0.3) is 0 Å². The Morgan fingerprint density at radius 3 is 2.10 bits per heavy atom. The Hall–Kier alpha value is -3.35. The average molecular weight is 398 g/mol. The Kier molecular flexibility index (Phi) is 4.74. The summed E-state index contributed by atoms with van der Waals surface area (Å²) in [6.45, 7) is 3.47. The maximum absolute atomic E-state index is 12.6. The van der Waals surface area contributed by atoms with Crippen LogP contribution in [0.15, 0.2) is 35.6 Å². The van der Waals surface area contributed by atoms with Crippen LogP contribution in [-0.4, -0.2) is 33.9 Å². The zero-order valence-electron chi connectivity index (χ0n) is 17.0. The second-order valence-electron chi connectivity index (χ2n) is 6.76. The first-order chi connectivity index (χ1) is 14.0. The third-order valence-electron chi connectivity index (χ3n) is 5.15. The summed E-state index contributed by atoms with van der Waals surface area (Å²) in [4.78, 5) is 12.6. The van der Waals surface area contributed by atoms with Crippen molar-refractivity contribution < 1.29 is 33.2 Å². The van der Waals surface area contributed by atoms with E-state index in [1.807, 2.05) is 18.2 Å². The summed E-state index contributed by atoms with van der Waals surface area (Å²) in [5.74, 6) is 3.44. The van der Waals surface area contributed by atoms with E-state index in [0.717, 1.165) is 11.1 Å². The predicted octanol–water partition coefficient (Wildman–Crippen LogP) is 3.83. The van der Waals surface area contributed by atoms with E-state index in [9.17, 15) is 4.79 Å².